The van der Waals surface area contributed by atoms with Crippen molar-refractivity contribution in [3.05, 3.63) is 35.4 Å². The molecule has 0 N–H and O–H groups in total. The number of ether oxygens (including phenoxy) is 2. The Balaban J connectivity index is 2.81. The molecule has 0 aliphatic rings. The highest BCUT2D eigenvalue weighted by molar-refractivity contribution is 5.28. The maximum Gasteiger partial charge on any atom is 0.183 e. The summed E-state index contributed by atoms with van der Waals surface area (Å²) in [5.74, 6) is 0.760. The third kappa shape index (κ3) is 4.96. The van der Waals surface area contributed by atoms with Gasteiger partial charge in [0.15, 0.2) is 6.29 Å². The van der Waals surface area contributed by atoms with Crippen LogP contribution in [0.2, 0.25) is 0 Å². The molecule has 0 bridgehead atoms. The van der Waals surface area contributed by atoms with Crippen LogP contribution < -0.4 is 0 Å². The number of hydrogen-bond acceptors (Lipinski definition) is 2. The average molecular weight is 264 g/mol. The predicted octanol–water partition coefficient (Wildman–Crippen LogP) is 4.74. The monoisotopic (exact) mass is 264 g/mol. The number of unbranched alkanes of at least 4 members (excludes halogenated alkanes) is 1. The first-order valence-corrected chi connectivity index (χ1v) is 7.40. The standard InChI is InChI=1S/C17H28O2/c1-5-7-10-14(6-2)13-15-11-8-9-12-16(15)17(18-3)19-4/h8-9,11-12,14,17H,5-7,10,13H2,1-4H3. The molecule has 1 atom stereocenters. The van der Waals surface area contributed by atoms with Gasteiger partial charge in [-0.15, -0.1) is 0 Å². The summed E-state index contributed by atoms with van der Waals surface area (Å²) in [5.41, 5.74) is 2.53. The molecule has 108 valence electrons. The molecule has 0 spiro atoms. The molecule has 1 unspecified atom stereocenters. The molecule has 1 aromatic carbocycles. The van der Waals surface area contributed by atoms with Crippen molar-refractivity contribution >= 4 is 0 Å². The molecule has 0 heterocycles. The Bertz CT molecular complexity index is 345. The lowest BCUT2D eigenvalue weighted by Gasteiger charge is -2.21. The van der Waals surface area contributed by atoms with E-state index >= 15 is 0 Å². The molecule has 0 aliphatic carbocycles. The first-order chi connectivity index (χ1) is 9.26. The lowest BCUT2D eigenvalue weighted by Crippen LogP contribution is -2.10. The van der Waals surface area contributed by atoms with Crippen LogP contribution in [-0.2, 0) is 15.9 Å². The Morgan fingerprint density at radius 1 is 1.05 bits per heavy atom. The van der Waals surface area contributed by atoms with Crippen molar-refractivity contribution in [2.75, 3.05) is 14.2 Å². The van der Waals surface area contributed by atoms with Crippen molar-refractivity contribution in [3.8, 4) is 0 Å². The first kappa shape index (κ1) is 16.2. The Labute approximate surface area is 118 Å². The molecule has 2 heteroatoms. The van der Waals surface area contributed by atoms with Gasteiger partial charge in [0.1, 0.15) is 0 Å². The molecule has 0 radical (unpaired) electrons. The maximum absolute atomic E-state index is 5.40. The predicted molar refractivity (Wildman–Crippen MR) is 80.2 cm³/mol. The molecular weight excluding hydrogens is 236 g/mol. The van der Waals surface area contributed by atoms with E-state index in [2.05, 4.69) is 38.1 Å². The average Bonchev–Trinajstić information content (AvgIpc) is 2.46. The summed E-state index contributed by atoms with van der Waals surface area (Å²) in [6.45, 7) is 4.54. The molecule has 19 heavy (non-hydrogen) atoms. The van der Waals surface area contributed by atoms with Gasteiger partial charge < -0.3 is 9.47 Å². The van der Waals surface area contributed by atoms with Crippen molar-refractivity contribution in [2.45, 2.75) is 52.2 Å². The van der Waals surface area contributed by atoms with E-state index in [1.807, 2.05) is 0 Å². The molecule has 2 nitrogen and oxygen atoms in total. The topological polar surface area (TPSA) is 18.5 Å². The van der Waals surface area contributed by atoms with Crippen LogP contribution in [0.25, 0.3) is 0 Å². The normalized spacial score (nSPS) is 12.9. The highest BCUT2D eigenvalue weighted by Gasteiger charge is 2.16. The summed E-state index contributed by atoms with van der Waals surface area (Å²) in [6, 6.07) is 8.47. The molecule has 0 aliphatic heterocycles. The number of rotatable bonds is 9. The molecule has 0 amide bonds. The van der Waals surface area contributed by atoms with Gasteiger partial charge in [0, 0.05) is 19.8 Å². The Morgan fingerprint density at radius 2 is 1.74 bits per heavy atom. The lowest BCUT2D eigenvalue weighted by atomic mass is 9.90. The summed E-state index contributed by atoms with van der Waals surface area (Å²) < 4.78 is 10.8. The quantitative estimate of drug-likeness (QED) is 0.600. The van der Waals surface area contributed by atoms with Gasteiger partial charge in [-0.2, -0.15) is 0 Å². The maximum atomic E-state index is 5.40. The zero-order valence-electron chi connectivity index (χ0n) is 12.8. The number of benzene rings is 1. The number of methoxy groups -OCH3 is 2. The molecule has 1 aromatic rings. The second-order valence-electron chi connectivity index (χ2n) is 5.12. The van der Waals surface area contributed by atoms with E-state index in [0.717, 1.165) is 12.3 Å². The van der Waals surface area contributed by atoms with E-state index in [1.165, 1.54) is 36.8 Å². The van der Waals surface area contributed by atoms with Crippen molar-refractivity contribution in [2.24, 2.45) is 5.92 Å². The molecule has 0 saturated carbocycles. The highest BCUT2D eigenvalue weighted by atomic mass is 16.7. The Hall–Kier alpha value is -0.860. The Kier molecular flexibility index (Phi) is 7.76. The molecule has 1 rings (SSSR count). The van der Waals surface area contributed by atoms with Crippen LogP contribution in [0.15, 0.2) is 24.3 Å². The van der Waals surface area contributed by atoms with Crippen LogP contribution in [0.1, 0.15) is 56.9 Å². The largest absolute Gasteiger partial charge is 0.352 e. The van der Waals surface area contributed by atoms with Gasteiger partial charge >= 0.3 is 0 Å². The summed E-state index contributed by atoms with van der Waals surface area (Å²) in [6.07, 6.45) is 6.01. The van der Waals surface area contributed by atoms with Gasteiger partial charge in [0.05, 0.1) is 0 Å². The van der Waals surface area contributed by atoms with Crippen LogP contribution in [0.5, 0.6) is 0 Å². The van der Waals surface area contributed by atoms with Crippen molar-refractivity contribution in [1.82, 2.24) is 0 Å². The summed E-state index contributed by atoms with van der Waals surface area (Å²) in [4.78, 5) is 0. The lowest BCUT2D eigenvalue weighted by molar-refractivity contribution is -0.106. The van der Waals surface area contributed by atoms with Gasteiger partial charge in [-0.1, -0.05) is 63.8 Å². The Morgan fingerprint density at radius 3 is 2.32 bits per heavy atom. The van der Waals surface area contributed by atoms with E-state index in [9.17, 15) is 0 Å². The minimum absolute atomic E-state index is 0.250. The van der Waals surface area contributed by atoms with Crippen molar-refractivity contribution in [1.29, 1.82) is 0 Å². The minimum Gasteiger partial charge on any atom is -0.352 e. The van der Waals surface area contributed by atoms with E-state index in [-0.39, 0.29) is 6.29 Å². The SMILES string of the molecule is CCCCC(CC)Cc1ccccc1C(OC)OC. The zero-order chi connectivity index (χ0) is 14.1. The van der Waals surface area contributed by atoms with E-state index in [1.54, 1.807) is 14.2 Å². The summed E-state index contributed by atoms with van der Waals surface area (Å²) in [5, 5.41) is 0. The van der Waals surface area contributed by atoms with Crippen LogP contribution in [0.4, 0.5) is 0 Å². The van der Waals surface area contributed by atoms with Crippen molar-refractivity contribution in [3.63, 3.8) is 0 Å². The van der Waals surface area contributed by atoms with E-state index in [0.29, 0.717) is 0 Å². The van der Waals surface area contributed by atoms with Crippen molar-refractivity contribution < 1.29 is 9.47 Å². The molecular formula is C17H28O2. The minimum atomic E-state index is -0.250. The third-order valence-electron chi connectivity index (χ3n) is 3.79. The first-order valence-electron chi connectivity index (χ1n) is 7.40. The second kappa shape index (κ2) is 9.11. The van der Waals surface area contributed by atoms with Gasteiger partial charge in [0.2, 0.25) is 0 Å². The fourth-order valence-electron chi connectivity index (χ4n) is 2.55. The fraction of sp³-hybridized carbons (Fsp3) is 0.647. The zero-order valence-corrected chi connectivity index (χ0v) is 12.8. The van der Waals surface area contributed by atoms with Crippen LogP contribution >= 0.6 is 0 Å². The van der Waals surface area contributed by atoms with Gasteiger partial charge in [-0.05, 0) is 17.9 Å². The van der Waals surface area contributed by atoms with Crippen LogP contribution in [-0.4, -0.2) is 14.2 Å². The third-order valence-corrected chi connectivity index (χ3v) is 3.79. The van der Waals surface area contributed by atoms with Gasteiger partial charge in [0.25, 0.3) is 0 Å². The fourth-order valence-corrected chi connectivity index (χ4v) is 2.55. The molecule has 0 aromatic heterocycles. The highest BCUT2D eigenvalue weighted by Crippen LogP contribution is 2.26. The summed E-state index contributed by atoms with van der Waals surface area (Å²) in [7, 11) is 3.39. The molecule has 0 saturated heterocycles. The summed E-state index contributed by atoms with van der Waals surface area (Å²) >= 11 is 0. The van der Waals surface area contributed by atoms with Gasteiger partial charge in [-0.25, -0.2) is 0 Å². The van der Waals surface area contributed by atoms with Gasteiger partial charge in [-0.3, -0.25) is 0 Å². The smallest absolute Gasteiger partial charge is 0.183 e. The van der Waals surface area contributed by atoms with E-state index in [4.69, 9.17) is 9.47 Å². The molecule has 0 fully saturated rings. The van der Waals surface area contributed by atoms with Crippen LogP contribution in [0, 0.1) is 5.92 Å². The van der Waals surface area contributed by atoms with Crippen LogP contribution in [0.3, 0.4) is 0 Å². The van der Waals surface area contributed by atoms with E-state index < -0.39 is 0 Å². The second-order valence-corrected chi connectivity index (χ2v) is 5.12. The number of hydrogen-bond donors (Lipinski definition) is 0.